The number of nitrogens with zero attached hydrogens (tertiary/aromatic N) is 2. The van der Waals surface area contributed by atoms with Crippen LogP contribution in [0.1, 0.15) is 11.4 Å². The highest BCUT2D eigenvalue weighted by atomic mass is 79.9. The Morgan fingerprint density at radius 2 is 2.00 bits per heavy atom. The van der Waals surface area contributed by atoms with Crippen LogP contribution in [0, 0.1) is 6.92 Å². The molecular weight excluding hydrogens is 268 g/mol. The first-order valence-corrected chi connectivity index (χ1v) is 5.82. The molecule has 1 heterocycles. The van der Waals surface area contributed by atoms with Crippen LogP contribution in [0.2, 0.25) is 0 Å². The monoisotopic (exact) mass is 280 g/mol. The minimum Gasteiger partial charge on any atom is -0.487 e. The summed E-state index contributed by atoms with van der Waals surface area (Å²) in [5.74, 6) is 0.863. The van der Waals surface area contributed by atoms with E-state index < -0.39 is 0 Å². The summed E-state index contributed by atoms with van der Waals surface area (Å²) in [7, 11) is 1.92. The van der Waals surface area contributed by atoms with Crippen LogP contribution in [0.5, 0.6) is 5.75 Å². The maximum absolute atomic E-state index is 5.66. The van der Waals surface area contributed by atoms with Gasteiger partial charge < -0.3 is 4.74 Å². The second-order valence-corrected chi connectivity index (χ2v) is 4.56. The minimum atomic E-state index is 0.541. The van der Waals surface area contributed by atoms with E-state index >= 15 is 0 Å². The fourth-order valence-electron chi connectivity index (χ4n) is 1.49. The third-order valence-corrected chi connectivity index (χ3v) is 2.83. The van der Waals surface area contributed by atoms with Crippen molar-refractivity contribution in [3.8, 4) is 5.75 Å². The van der Waals surface area contributed by atoms with Crippen molar-refractivity contribution in [2.75, 3.05) is 0 Å². The summed E-state index contributed by atoms with van der Waals surface area (Å²) >= 11 is 3.39. The predicted molar refractivity (Wildman–Crippen MR) is 66.4 cm³/mol. The van der Waals surface area contributed by atoms with Crippen LogP contribution in [0.4, 0.5) is 0 Å². The van der Waals surface area contributed by atoms with Crippen LogP contribution in [0.3, 0.4) is 0 Å². The van der Waals surface area contributed by atoms with Crippen molar-refractivity contribution in [3.05, 3.63) is 46.2 Å². The Morgan fingerprint density at radius 3 is 2.56 bits per heavy atom. The fourth-order valence-corrected chi connectivity index (χ4v) is 1.75. The standard InChI is InChI=1S/C12H13BrN2O/c1-9-7-11(15(2)14-9)8-16-12-5-3-10(13)4-6-12/h3-7H,8H2,1-2H3. The molecule has 0 fully saturated rings. The molecule has 1 aromatic carbocycles. The van der Waals surface area contributed by atoms with Crippen LogP contribution < -0.4 is 4.74 Å². The maximum atomic E-state index is 5.66. The van der Waals surface area contributed by atoms with E-state index in [9.17, 15) is 0 Å². The molecule has 0 atom stereocenters. The van der Waals surface area contributed by atoms with Gasteiger partial charge in [0, 0.05) is 11.5 Å². The topological polar surface area (TPSA) is 27.1 Å². The second kappa shape index (κ2) is 4.70. The minimum absolute atomic E-state index is 0.541. The zero-order chi connectivity index (χ0) is 11.5. The summed E-state index contributed by atoms with van der Waals surface area (Å²) in [4.78, 5) is 0. The molecule has 84 valence electrons. The number of halogens is 1. The molecule has 0 unspecified atom stereocenters. The molecule has 0 bridgehead atoms. The number of benzene rings is 1. The fraction of sp³-hybridized carbons (Fsp3) is 0.250. The maximum Gasteiger partial charge on any atom is 0.130 e. The van der Waals surface area contributed by atoms with Gasteiger partial charge >= 0.3 is 0 Å². The van der Waals surface area contributed by atoms with Crippen LogP contribution >= 0.6 is 15.9 Å². The van der Waals surface area contributed by atoms with Crippen molar-refractivity contribution < 1.29 is 4.74 Å². The molecule has 0 aliphatic rings. The Morgan fingerprint density at radius 1 is 1.31 bits per heavy atom. The molecule has 0 amide bonds. The molecule has 16 heavy (non-hydrogen) atoms. The number of rotatable bonds is 3. The van der Waals surface area contributed by atoms with Gasteiger partial charge in [0.05, 0.1) is 11.4 Å². The van der Waals surface area contributed by atoms with Crippen molar-refractivity contribution in [3.63, 3.8) is 0 Å². The summed E-state index contributed by atoms with van der Waals surface area (Å²) in [6, 6.07) is 9.83. The van der Waals surface area contributed by atoms with Gasteiger partial charge in [-0.15, -0.1) is 0 Å². The Kier molecular flexibility index (Phi) is 3.29. The number of aryl methyl sites for hydroxylation is 2. The van der Waals surface area contributed by atoms with Gasteiger partial charge in [-0.2, -0.15) is 5.10 Å². The number of aromatic nitrogens is 2. The lowest BCUT2D eigenvalue weighted by Crippen LogP contribution is -2.02. The van der Waals surface area contributed by atoms with Gasteiger partial charge in [0.1, 0.15) is 12.4 Å². The van der Waals surface area contributed by atoms with Crippen molar-refractivity contribution in [2.45, 2.75) is 13.5 Å². The van der Waals surface area contributed by atoms with Crippen LogP contribution in [-0.2, 0) is 13.7 Å². The van der Waals surface area contributed by atoms with E-state index in [0.29, 0.717) is 6.61 Å². The molecule has 0 saturated carbocycles. The van der Waals surface area contributed by atoms with Gasteiger partial charge in [-0.1, -0.05) is 15.9 Å². The van der Waals surface area contributed by atoms with Crippen molar-refractivity contribution in [2.24, 2.45) is 7.05 Å². The molecule has 2 rings (SSSR count). The van der Waals surface area contributed by atoms with E-state index in [1.54, 1.807) is 0 Å². The first kappa shape index (κ1) is 11.2. The molecule has 0 saturated heterocycles. The van der Waals surface area contributed by atoms with E-state index in [2.05, 4.69) is 21.0 Å². The predicted octanol–water partition coefficient (Wildman–Crippen LogP) is 3.07. The van der Waals surface area contributed by atoms with E-state index in [1.165, 1.54) is 0 Å². The molecule has 2 aromatic rings. The molecular formula is C12H13BrN2O. The summed E-state index contributed by atoms with van der Waals surface area (Å²) in [6.45, 7) is 2.52. The summed E-state index contributed by atoms with van der Waals surface area (Å²) in [5.41, 5.74) is 2.08. The van der Waals surface area contributed by atoms with E-state index in [1.807, 2.05) is 49.0 Å². The highest BCUT2D eigenvalue weighted by Crippen LogP contribution is 2.17. The Labute approximate surface area is 103 Å². The molecule has 0 aliphatic heterocycles. The first-order valence-electron chi connectivity index (χ1n) is 5.03. The molecule has 0 spiro atoms. The second-order valence-electron chi connectivity index (χ2n) is 3.64. The molecule has 1 aromatic heterocycles. The third kappa shape index (κ3) is 2.64. The van der Waals surface area contributed by atoms with Crippen LogP contribution in [-0.4, -0.2) is 9.78 Å². The van der Waals surface area contributed by atoms with Crippen molar-refractivity contribution in [1.82, 2.24) is 9.78 Å². The SMILES string of the molecule is Cc1cc(COc2ccc(Br)cc2)n(C)n1. The van der Waals surface area contributed by atoms with Gasteiger partial charge in [0.25, 0.3) is 0 Å². The van der Waals surface area contributed by atoms with Gasteiger partial charge in [0.2, 0.25) is 0 Å². The smallest absolute Gasteiger partial charge is 0.130 e. The lowest BCUT2D eigenvalue weighted by Gasteiger charge is -2.06. The van der Waals surface area contributed by atoms with Gasteiger partial charge in [0.15, 0.2) is 0 Å². The lowest BCUT2D eigenvalue weighted by atomic mass is 10.3. The lowest BCUT2D eigenvalue weighted by molar-refractivity contribution is 0.295. The zero-order valence-electron chi connectivity index (χ0n) is 9.27. The average Bonchev–Trinajstić information content (AvgIpc) is 2.57. The van der Waals surface area contributed by atoms with E-state index in [-0.39, 0.29) is 0 Å². The van der Waals surface area contributed by atoms with Gasteiger partial charge in [-0.25, -0.2) is 0 Å². The number of ether oxygens (including phenoxy) is 1. The van der Waals surface area contributed by atoms with Crippen molar-refractivity contribution >= 4 is 15.9 Å². The Bertz CT molecular complexity index is 476. The van der Waals surface area contributed by atoms with Crippen molar-refractivity contribution in [1.29, 1.82) is 0 Å². The molecule has 4 heteroatoms. The zero-order valence-corrected chi connectivity index (χ0v) is 10.9. The van der Waals surface area contributed by atoms with Crippen LogP contribution in [0.25, 0.3) is 0 Å². The molecule has 0 N–H and O–H groups in total. The molecule has 0 aliphatic carbocycles. The van der Waals surface area contributed by atoms with Gasteiger partial charge in [-0.3, -0.25) is 4.68 Å². The normalized spacial score (nSPS) is 10.4. The highest BCUT2D eigenvalue weighted by Gasteiger charge is 2.02. The average molecular weight is 281 g/mol. The molecule has 0 radical (unpaired) electrons. The summed E-state index contributed by atoms with van der Waals surface area (Å²) in [5, 5.41) is 4.27. The summed E-state index contributed by atoms with van der Waals surface area (Å²) in [6.07, 6.45) is 0. The third-order valence-electron chi connectivity index (χ3n) is 2.30. The van der Waals surface area contributed by atoms with Crippen LogP contribution in [0.15, 0.2) is 34.8 Å². The molecule has 3 nitrogen and oxygen atoms in total. The number of hydrogen-bond acceptors (Lipinski definition) is 2. The summed E-state index contributed by atoms with van der Waals surface area (Å²) < 4.78 is 8.55. The Balaban J connectivity index is 2.02. The van der Waals surface area contributed by atoms with E-state index in [4.69, 9.17) is 4.74 Å². The number of hydrogen-bond donors (Lipinski definition) is 0. The van der Waals surface area contributed by atoms with E-state index in [0.717, 1.165) is 21.6 Å². The van der Waals surface area contributed by atoms with Gasteiger partial charge in [-0.05, 0) is 37.3 Å². The highest BCUT2D eigenvalue weighted by molar-refractivity contribution is 9.10. The first-order chi connectivity index (χ1) is 7.65. The Hall–Kier alpha value is -1.29. The largest absolute Gasteiger partial charge is 0.487 e. The quantitative estimate of drug-likeness (QED) is 0.864.